The van der Waals surface area contributed by atoms with E-state index in [4.69, 9.17) is 23.2 Å². The molecule has 4 rings (SSSR count). The van der Waals surface area contributed by atoms with Gasteiger partial charge in [-0.25, -0.2) is 4.79 Å². The number of benzene rings is 2. The number of amides is 3. The van der Waals surface area contributed by atoms with Crippen molar-refractivity contribution >= 4 is 46.5 Å². The van der Waals surface area contributed by atoms with E-state index in [1.807, 2.05) is 12.1 Å². The Morgan fingerprint density at radius 3 is 2.44 bits per heavy atom. The van der Waals surface area contributed by atoms with Gasteiger partial charge < -0.3 is 20.9 Å². The summed E-state index contributed by atoms with van der Waals surface area (Å²) in [5, 5.41) is 10.4. The third-order valence-electron chi connectivity index (χ3n) is 4.97. The van der Waals surface area contributed by atoms with Crippen molar-refractivity contribution in [3.05, 3.63) is 58.1 Å². The normalized spacial score (nSPS) is 17.7. The number of piperidine rings is 1. The lowest BCUT2D eigenvalue weighted by Gasteiger charge is -2.45. The van der Waals surface area contributed by atoms with E-state index in [2.05, 4.69) is 16.0 Å². The maximum atomic E-state index is 12.5. The molecule has 2 heterocycles. The first-order valence-corrected chi connectivity index (χ1v) is 9.42. The number of hydrogen-bond donors (Lipinski definition) is 3. The number of carbonyl (C=O) groups excluding carboxylic acids is 2. The van der Waals surface area contributed by atoms with E-state index >= 15 is 0 Å². The van der Waals surface area contributed by atoms with E-state index in [1.54, 1.807) is 35.2 Å². The first-order chi connectivity index (χ1) is 13.0. The molecule has 3 amide bonds. The number of urea groups is 1. The first-order valence-electron chi connectivity index (χ1n) is 8.66. The maximum absolute atomic E-state index is 12.5. The van der Waals surface area contributed by atoms with Crippen LogP contribution in [0, 0.1) is 0 Å². The maximum Gasteiger partial charge on any atom is 0.321 e. The predicted molar refractivity (Wildman–Crippen MR) is 107 cm³/mol. The molecule has 1 fully saturated rings. The smallest absolute Gasteiger partial charge is 0.321 e. The Bertz CT molecular complexity index is 893. The zero-order valence-electron chi connectivity index (χ0n) is 14.4. The van der Waals surface area contributed by atoms with Crippen LogP contribution < -0.4 is 16.0 Å². The van der Waals surface area contributed by atoms with Crippen LogP contribution in [0.15, 0.2) is 42.5 Å². The van der Waals surface area contributed by atoms with E-state index in [-0.39, 0.29) is 11.9 Å². The predicted octanol–water partition coefficient (Wildman–Crippen LogP) is 4.17. The van der Waals surface area contributed by atoms with Gasteiger partial charge in [0.15, 0.2) is 0 Å². The van der Waals surface area contributed by atoms with Gasteiger partial charge in [-0.2, -0.15) is 0 Å². The Morgan fingerprint density at radius 2 is 1.74 bits per heavy atom. The molecule has 1 spiro atoms. The molecule has 0 saturated carbocycles. The second-order valence-electron chi connectivity index (χ2n) is 6.75. The zero-order chi connectivity index (χ0) is 19.0. The van der Waals surface area contributed by atoms with Crippen LogP contribution in [0.5, 0.6) is 0 Å². The van der Waals surface area contributed by atoms with Crippen LogP contribution in [0.1, 0.15) is 23.2 Å². The van der Waals surface area contributed by atoms with Crippen molar-refractivity contribution in [2.24, 2.45) is 0 Å². The fourth-order valence-corrected chi connectivity index (χ4v) is 3.89. The van der Waals surface area contributed by atoms with Gasteiger partial charge in [-0.3, -0.25) is 4.79 Å². The highest BCUT2D eigenvalue weighted by atomic mass is 35.5. The summed E-state index contributed by atoms with van der Waals surface area (Å²) in [6, 6.07) is 12.2. The summed E-state index contributed by atoms with van der Waals surface area (Å²) in [4.78, 5) is 26.7. The van der Waals surface area contributed by atoms with Gasteiger partial charge in [-0.1, -0.05) is 29.3 Å². The van der Waals surface area contributed by atoms with Gasteiger partial charge in [0.1, 0.15) is 5.66 Å². The molecular formula is C19H18Cl2N4O2. The number of hydrogen-bond acceptors (Lipinski definition) is 3. The van der Waals surface area contributed by atoms with Gasteiger partial charge in [0.05, 0.1) is 16.3 Å². The minimum absolute atomic E-state index is 0.169. The molecule has 0 aliphatic carbocycles. The van der Waals surface area contributed by atoms with Crippen LogP contribution in [0.4, 0.5) is 16.2 Å². The topological polar surface area (TPSA) is 73.5 Å². The molecule has 2 aromatic carbocycles. The van der Waals surface area contributed by atoms with Crippen molar-refractivity contribution in [3.8, 4) is 0 Å². The average Bonchev–Trinajstić information content (AvgIpc) is 2.64. The highest BCUT2D eigenvalue weighted by Crippen LogP contribution is 2.34. The summed E-state index contributed by atoms with van der Waals surface area (Å²) in [6.45, 7) is 1.03. The molecule has 0 unspecified atom stereocenters. The van der Waals surface area contributed by atoms with Crippen molar-refractivity contribution in [3.63, 3.8) is 0 Å². The van der Waals surface area contributed by atoms with Crippen molar-refractivity contribution in [2.75, 3.05) is 23.7 Å². The van der Waals surface area contributed by atoms with Gasteiger partial charge in [0.25, 0.3) is 5.91 Å². The van der Waals surface area contributed by atoms with E-state index in [9.17, 15) is 9.59 Å². The summed E-state index contributed by atoms with van der Waals surface area (Å²) in [5.74, 6) is -0.187. The molecule has 0 bridgehead atoms. The average molecular weight is 405 g/mol. The minimum atomic E-state index is -0.564. The Labute approximate surface area is 166 Å². The number of nitrogens with one attached hydrogen (secondary N) is 3. The summed E-state index contributed by atoms with van der Waals surface area (Å²) in [7, 11) is 0. The van der Waals surface area contributed by atoms with Crippen molar-refractivity contribution < 1.29 is 9.59 Å². The monoisotopic (exact) mass is 404 g/mol. The van der Waals surface area contributed by atoms with Crippen LogP contribution in [0.2, 0.25) is 10.0 Å². The molecule has 140 valence electrons. The Balaban J connectivity index is 1.42. The van der Waals surface area contributed by atoms with E-state index in [0.29, 0.717) is 47.2 Å². The zero-order valence-corrected chi connectivity index (χ0v) is 15.9. The van der Waals surface area contributed by atoms with Gasteiger partial charge in [0, 0.05) is 36.6 Å². The number of fused-ring (bicyclic) bond motifs is 1. The van der Waals surface area contributed by atoms with E-state index < -0.39 is 5.66 Å². The number of halogens is 2. The minimum Gasteiger partial charge on any atom is -0.362 e. The third-order valence-corrected chi connectivity index (χ3v) is 5.53. The molecule has 2 aliphatic heterocycles. The molecule has 8 heteroatoms. The molecule has 0 radical (unpaired) electrons. The Morgan fingerprint density at radius 1 is 1.04 bits per heavy atom. The van der Waals surface area contributed by atoms with Gasteiger partial charge >= 0.3 is 6.03 Å². The molecule has 0 aromatic heterocycles. The second-order valence-corrected chi connectivity index (χ2v) is 7.59. The highest BCUT2D eigenvalue weighted by molar-refractivity contribution is 6.34. The number of anilines is 2. The Hall–Kier alpha value is -2.44. The summed E-state index contributed by atoms with van der Waals surface area (Å²) in [5.41, 5.74) is 1.32. The fourth-order valence-electron chi connectivity index (χ4n) is 3.51. The molecule has 6 nitrogen and oxygen atoms in total. The van der Waals surface area contributed by atoms with Gasteiger partial charge in [0.2, 0.25) is 0 Å². The van der Waals surface area contributed by atoms with Crippen molar-refractivity contribution in [2.45, 2.75) is 18.5 Å². The molecule has 1 saturated heterocycles. The standard InChI is InChI=1S/C19H18Cl2N4O2/c20-12-4-6-13(7-5-12)22-18(27)25-10-8-19(9-11-25)23-15-3-1-2-14(21)16(15)17(26)24-19/h1-7,23H,8-11H2,(H,22,27)(H,24,26). The number of rotatable bonds is 1. The fraction of sp³-hybridized carbons (Fsp3) is 0.263. The quantitative estimate of drug-likeness (QED) is 0.667. The largest absolute Gasteiger partial charge is 0.362 e. The summed E-state index contributed by atoms with van der Waals surface area (Å²) < 4.78 is 0. The van der Waals surface area contributed by atoms with E-state index in [1.165, 1.54) is 0 Å². The second kappa shape index (κ2) is 6.94. The summed E-state index contributed by atoms with van der Waals surface area (Å²) in [6.07, 6.45) is 1.19. The lowest BCUT2D eigenvalue weighted by Crippen LogP contribution is -2.63. The lowest BCUT2D eigenvalue weighted by molar-refractivity contribution is 0.0852. The number of nitrogens with zero attached hydrogens (tertiary/aromatic N) is 1. The van der Waals surface area contributed by atoms with Crippen LogP contribution in [-0.2, 0) is 0 Å². The number of carbonyl (C=O) groups is 2. The highest BCUT2D eigenvalue weighted by Gasteiger charge is 2.41. The first kappa shape index (κ1) is 17.9. The van der Waals surface area contributed by atoms with Gasteiger partial charge in [-0.15, -0.1) is 0 Å². The number of likely N-dealkylation sites (tertiary alicyclic amines) is 1. The van der Waals surface area contributed by atoms with Crippen LogP contribution in [0.3, 0.4) is 0 Å². The lowest BCUT2D eigenvalue weighted by atomic mass is 9.92. The van der Waals surface area contributed by atoms with Crippen molar-refractivity contribution in [1.29, 1.82) is 0 Å². The Kier molecular flexibility index (Phi) is 4.61. The van der Waals surface area contributed by atoms with Gasteiger partial charge in [-0.05, 0) is 36.4 Å². The SMILES string of the molecule is O=C1NC2(CCN(C(=O)Nc3ccc(Cl)cc3)CC2)Nc2cccc(Cl)c21. The van der Waals surface area contributed by atoms with E-state index in [0.717, 1.165) is 5.69 Å². The molecule has 0 atom stereocenters. The van der Waals surface area contributed by atoms with Crippen LogP contribution in [-0.4, -0.2) is 35.6 Å². The molecule has 2 aliphatic rings. The molecule has 2 aromatic rings. The van der Waals surface area contributed by atoms with Crippen LogP contribution >= 0.6 is 23.2 Å². The molecular weight excluding hydrogens is 387 g/mol. The third kappa shape index (κ3) is 3.55. The molecule has 27 heavy (non-hydrogen) atoms. The summed E-state index contributed by atoms with van der Waals surface area (Å²) >= 11 is 12.0. The molecule has 3 N–H and O–H groups in total. The van der Waals surface area contributed by atoms with Crippen LogP contribution in [0.25, 0.3) is 0 Å². The van der Waals surface area contributed by atoms with Crippen molar-refractivity contribution in [1.82, 2.24) is 10.2 Å².